The predicted octanol–water partition coefficient (Wildman–Crippen LogP) is 16.6. The Bertz CT molecular complexity index is 4560. The number of phenolic OH excluding ortho intramolecular Hbond substituents is 11. The molecule has 0 saturated heterocycles. The predicted molar refractivity (Wildman–Crippen MR) is 386 cm³/mol. The number of rotatable bonds is 16. The van der Waals surface area contributed by atoms with Gasteiger partial charge in [-0.05, 0) is 158 Å². The first kappa shape index (κ1) is 75.7. The fourth-order valence-electron chi connectivity index (χ4n) is 11.3. The first-order valence-corrected chi connectivity index (χ1v) is 32.7. The van der Waals surface area contributed by atoms with E-state index in [-0.39, 0.29) is 139 Å². The summed E-state index contributed by atoms with van der Waals surface area (Å²) in [6.45, 7) is 15.5. The quantitative estimate of drug-likeness (QED) is 0.0243. The smallest absolute Gasteiger partial charge is 0.193 e. The van der Waals surface area contributed by atoms with Gasteiger partial charge < -0.3 is 79.9 Å². The summed E-state index contributed by atoms with van der Waals surface area (Å²) in [5.41, 5.74) is 9.48. The molecular formula is C82H84O20. The van der Waals surface area contributed by atoms with Gasteiger partial charge in [0.25, 0.3) is 0 Å². The summed E-state index contributed by atoms with van der Waals surface area (Å²) in [6, 6.07) is 31.2. The second-order valence-electron chi connectivity index (χ2n) is 25.5. The van der Waals surface area contributed by atoms with Crippen molar-refractivity contribution in [2.45, 2.75) is 119 Å². The molecule has 3 aliphatic rings. The fourth-order valence-corrected chi connectivity index (χ4v) is 11.3. The summed E-state index contributed by atoms with van der Waals surface area (Å²) >= 11 is 0. The number of Topliss-reactive ketones (excluding diaryl/α,β-unsaturated/α-hetero) is 3. The molecule has 3 heterocycles. The number of aromatic hydroxyl groups is 11. The number of ketones is 4. The number of ether oxygens (including phenoxy) is 5. The van der Waals surface area contributed by atoms with Crippen LogP contribution in [-0.2, 0) is 25.7 Å². The van der Waals surface area contributed by atoms with Crippen LogP contribution in [0.25, 0.3) is 6.08 Å². The molecule has 0 amide bonds. The lowest BCUT2D eigenvalue weighted by molar-refractivity contribution is 0.0832. The molecule has 0 fully saturated rings. The van der Waals surface area contributed by atoms with E-state index in [0.717, 1.165) is 44.5 Å². The molecular weight excluding hydrogens is 1300 g/mol. The van der Waals surface area contributed by atoms with Crippen LogP contribution in [-0.4, -0.2) is 93.5 Å². The average molecular weight is 1390 g/mol. The molecule has 3 unspecified atom stereocenters. The number of allylic oxidation sites excluding steroid dienone is 9. The van der Waals surface area contributed by atoms with Gasteiger partial charge in [-0.3, -0.25) is 19.2 Å². The van der Waals surface area contributed by atoms with E-state index in [1.807, 2.05) is 79.7 Å². The van der Waals surface area contributed by atoms with Crippen LogP contribution >= 0.6 is 0 Å². The minimum Gasteiger partial charge on any atom is -0.508 e. The van der Waals surface area contributed by atoms with Gasteiger partial charge in [-0.2, -0.15) is 0 Å². The normalized spacial score (nSPS) is 14.6. The third kappa shape index (κ3) is 18.6. The van der Waals surface area contributed by atoms with Gasteiger partial charge in [0.1, 0.15) is 133 Å². The van der Waals surface area contributed by atoms with E-state index >= 15 is 0 Å². The minimum absolute atomic E-state index is 0.00233. The number of benzene rings is 8. The molecule has 11 rings (SSSR count). The second-order valence-corrected chi connectivity index (χ2v) is 25.5. The Morgan fingerprint density at radius 3 is 1.18 bits per heavy atom. The zero-order valence-electron chi connectivity index (χ0n) is 58.3. The van der Waals surface area contributed by atoms with Crippen LogP contribution in [0.15, 0.2) is 174 Å². The standard InChI is InChI=1S/2C21H22O5.2C20H20O5/c1-12(2)4-9-15-16(23)10-19(25-3)20-17(24)11-18(26-21(15)20)13-5-7-14(22)8-6-13;1-13(2)4-10-16-18(24)12-19(26-3)20(21(16)25)17(23)11-7-14-5-8-15(22)9-6-14;1-11(2)3-8-14-15(22)9-18-19(20(14)24)16(23)10-17(25-18)12-4-6-13(21)7-5-12;1-11(2)3-8-14-15(22)9-16(23)19-17(24)10-18(25-20(14)19)12-4-6-13(21)7-5-12/h4-8,10,18,22-23H,9,11H2,1-3H3;4-9,11-12,22,24-25H,10H2,1-3H3;3-7,9,17,21-22,24H,8,10H2,1-2H3;3-7,9,18,21-23H,8,10H2,1-2H3/b;11-7+;;. The Morgan fingerprint density at radius 1 is 0.402 bits per heavy atom. The third-order valence-corrected chi connectivity index (χ3v) is 16.8. The Morgan fingerprint density at radius 2 is 0.745 bits per heavy atom. The highest BCUT2D eigenvalue weighted by Crippen LogP contribution is 2.49. The summed E-state index contributed by atoms with van der Waals surface area (Å²) < 4.78 is 28.4. The van der Waals surface area contributed by atoms with Crippen LogP contribution in [0.2, 0.25) is 0 Å². The number of hydrogen-bond acceptors (Lipinski definition) is 20. The first-order chi connectivity index (χ1) is 48.5. The zero-order valence-corrected chi connectivity index (χ0v) is 58.3. The average Bonchev–Trinajstić information content (AvgIpc) is 0.781. The van der Waals surface area contributed by atoms with Crippen molar-refractivity contribution in [1.82, 2.24) is 0 Å². The summed E-state index contributed by atoms with van der Waals surface area (Å²) in [7, 11) is 2.83. The highest BCUT2D eigenvalue weighted by atomic mass is 16.5. The van der Waals surface area contributed by atoms with Gasteiger partial charge in [-0.15, -0.1) is 0 Å². The van der Waals surface area contributed by atoms with E-state index in [0.29, 0.717) is 59.4 Å². The van der Waals surface area contributed by atoms with Crippen LogP contribution < -0.4 is 23.7 Å². The maximum absolute atomic E-state index is 12.8. The van der Waals surface area contributed by atoms with Gasteiger partial charge >= 0.3 is 0 Å². The van der Waals surface area contributed by atoms with Gasteiger partial charge in [0.15, 0.2) is 23.1 Å². The van der Waals surface area contributed by atoms with E-state index in [1.165, 1.54) is 81.0 Å². The van der Waals surface area contributed by atoms with Crippen molar-refractivity contribution in [2.24, 2.45) is 0 Å². The molecule has 20 nitrogen and oxygen atoms in total. The molecule has 3 aliphatic heterocycles. The molecule has 8 aromatic carbocycles. The monoisotopic (exact) mass is 1390 g/mol. The second kappa shape index (κ2) is 33.7. The van der Waals surface area contributed by atoms with Crippen molar-refractivity contribution in [1.29, 1.82) is 0 Å². The fraction of sp³-hybridized carbons (Fsp3) is 0.244. The zero-order chi connectivity index (χ0) is 74.4. The van der Waals surface area contributed by atoms with Crippen molar-refractivity contribution in [3.05, 3.63) is 241 Å². The number of fused-ring (bicyclic) bond motifs is 3. The molecule has 102 heavy (non-hydrogen) atoms. The van der Waals surface area contributed by atoms with Crippen molar-refractivity contribution < 1.29 is 99.0 Å². The molecule has 20 heteroatoms. The van der Waals surface area contributed by atoms with E-state index in [1.54, 1.807) is 66.7 Å². The largest absolute Gasteiger partial charge is 0.508 e. The minimum atomic E-state index is -0.535. The highest BCUT2D eigenvalue weighted by molar-refractivity contribution is 6.11. The summed E-state index contributed by atoms with van der Waals surface area (Å²) in [4.78, 5) is 50.6. The topological polar surface area (TPSA) is 337 Å². The Hall–Kier alpha value is -12.1. The molecule has 0 radical (unpaired) electrons. The van der Waals surface area contributed by atoms with Crippen LogP contribution in [0.1, 0.15) is 179 Å². The lowest BCUT2D eigenvalue weighted by atomic mass is 9.92. The molecule has 8 aromatic rings. The van der Waals surface area contributed by atoms with E-state index in [2.05, 4.69) is 0 Å². The lowest BCUT2D eigenvalue weighted by Gasteiger charge is -2.29. The Kier molecular flexibility index (Phi) is 25.0. The van der Waals surface area contributed by atoms with E-state index < -0.39 is 24.1 Å². The Labute approximate surface area is 591 Å². The molecule has 532 valence electrons. The van der Waals surface area contributed by atoms with Crippen molar-refractivity contribution in [2.75, 3.05) is 14.2 Å². The van der Waals surface area contributed by atoms with Gasteiger partial charge in [0.05, 0.1) is 33.5 Å². The number of hydrogen-bond donors (Lipinski definition) is 11. The van der Waals surface area contributed by atoms with Gasteiger partial charge in [0.2, 0.25) is 0 Å². The third-order valence-electron chi connectivity index (χ3n) is 16.8. The van der Waals surface area contributed by atoms with Gasteiger partial charge in [-0.1, -0.05) is 101 Å². The molecule has 0 saturated carbocycles. The highest BCUT2D eigenvalue weighted by Gasteiger charge is 2.37. The molecule has 3 atom stereocenters. The molecule has 0 bridgehead atoms. The number of phenols is 11. The van der Waals surface area contributed by atoms with E-state index in [9.17, 15) is 75.3 Å². The van der Waals surface area contributed by atoms with E-state index in [4.69, 9.17) is 23.7 Å². The number of methoxy groups -OCH3 is 2. The van der Waals surface area contributed by atoms with Crippen molar-refractivity contribution >= 4 is 29.2 Å². The first-order valence-electron chi connectivity index (χ1n) is 32.7. The van der Waals surface area contributed by atoms with Gasteiger partial charge in [-0.25, -0.2) is 0 Å². The summed E-state index contributed by atoms with van der Waals surface area (Å²) in [5, 5.41) is 110. The van der Waals surface area contributed by atoms with Crippen LogP contribution in [0.3, 0.4) is 0 Å². The lowest BCUT2D eigenvalue weighted by Crippen LogP contribution is -2.22. The maximum Gasteiger partial charge on any atom is 0.193 e. The van der Waals surface area contributed by atoms with Crippen molar-refractivity contribution in [3.63, 3.8) is 0 Å². The number of carbonyl (C=O) groups is 4. The van der Waals surface area contributed by atoms with Crippen LogP contribution in [0.5, 0.6) is 92.0 Å². The maximum atomic E-state index is 12.8. The molecule has 0 aliphatic carbocycles. The number of carbonyl (C=O) groups excluding carboxylic acids is 4. The summed E-state index contributed by atoms with van der Waals surface area (Å²) in [5.74, 6) is -0.391. The molecule has 0 spiro atoms. The van der Waals surface area contributed by atoms with Gasteiger partial charge in [0, 0.05) is 46.5 Å². The molecule has 0 aromatic heterocycles. The van der Waals surface area contributed by atoms with Crippen LogP contribution in [0.4, 0.5) is 0 Å². The van der Waals surface area contributed by atoms with Crippen LogP contribution in [0, 0.1) is 0 Å². The SMILES string of the molecule is CC(C)=CCc1c(O)cc(O)c2c1OC(c1ccc(O)cc1)CC2=O.CC(C)=CCc1c(O)cc2c(c1O)C(=O)CC(c1ccc(O)cc1)O2.COc1cc(O)c(CC=C(C)C)c(O)c1C(=O)/C=C/c1ccc(O)cc1.COc1cc(O)c(CC=C(C)C)c2c1C(=O)CC(c1ccc(O)cc1)O2. The summed E-state index contributed by atoms with van der Waals surface area (Å²) in [6.07, 6.45) is 10.8. The van der Waals surface area contributed by atoms with Crippen molar-refractivity contribution in [3.8, 4) is 92.0 Å². The molecule has 11 N–H and O–H groups in total. The Balaban J connectivity index is 0.000000173.